The molecule has 0 radical (unpaired) electrons. The van der Waals surface area contributed by atoms with Crippen molar-refractivity contribution in [2.24, 2.45) is 5.92 Å². The lowest BCUT2D eigenvalue weighted by Gasteiger charge is -2.28. The van der Waals surface area contributed by atoms with E-state index >= 15 is 0 Å². The summed E-state index contributed by atoms with van der Waals surface area (Å²) in [5.41, 5.74) is 0.469. The van der Waals surface area contributed by atoms with Crippen LogP contribution in [-0.4, -0.2) is 12.4 Å². The number of aldehydes is 1. The molecule has 1 fully saturated rings. The van der Waals surface area contributed by atoms with E-state index < -0.39 is 0 Å². The highest BCUT2D eigenvalue weighted by Crippen LogP contribution is 2.31. The minimum Gasteiger partial charge on any atom is -0.490 e. The molecule has 2 nitrogen and oxygen atoms in total. The van der Waals surface area contributed by atoms with Crippen LogP contribution in [0.25, 0.3) is 0 Å². The third kappa shape index (κ3) is 3.05. The van der Waals surface area contributed by atoms with Crippen molar-refractivity contribution in [3.05, 3.63) is 28.8 Å². The van der Waals surface area contributed by atoms with E-state index in [0.29, 0.717) is 16.3 Å². The van der Waals surface area contributed by atoms with Gasteiger partial charge in [0.15, 0.2) is 6.29 Å². The monoisotopic (exact) mass is 266 g/mol. The quantitative estimate of drug-likeness (QED) is 0.750. The topological polar surface area (TPSA) is 26.3 Å². The maximum atomic E-state index is 11.0. The first-order chi connectivity index (χ1) is 8.74. The standard InChI is InChI=1S/C15H19ClO2/c1-2-11-6-8-12(9-7-11)18-15-5-3-4-14(16)13(15)10-17/h3-5,10-12H,2,6-9H2,1H3. The summed E-state index contributed by atoms with van der Waals surface area (Å²) in [6.45, 7) is 2.24. The minimum absolute atomic E-state index is 0.227. The lowest BCUT2D eigenvalue weighted by atomic mass is 9.86. The second-order valence-electron chi connectivity index (χ2n) is 4.94. The number of carbonyl (C=O) groups is 1. The molecule has 18 heavy (non-hydrogen) atoms. The Bertz CT molecular complexity index is 409. The summed E-state index contributed by atoms with van der Waals surface area (Å²) in [4.78, 5) is 11.0. The summed E-state index contributed by atoms with van der Waals surface area (Å²) in [6, 6.07) is 5.36. The molecule has 0 heterocycles. The fraction of sp³-hybridized carbons (Fsp3) is 0.533. The third-order valence-corrected chi connectivity index (χ3v) is 4.13. The highest BCUT2D eigenvalue weighted by Gasteiger charge is 2.22. The van der Waals surface area contributed by atoms with Crippen molar-refractivity contribution in [3.8, 4) is 5.75 Å². The van der Waals surface area contributed by atoms with E-state index in [0.717, 1.165) is 25.0 Å². The lowest BCUT2D eigenvalue weighted by Crippen LogP contribution is -2.24. The van der Waals surface area contributed by atoms with Crippen LogP contribution in [0.5, 0.6) is 5.75 Å². The molecule has 0 N–H and O–H groups in total. The smallest absolute Gasteiger partial charge is 0.155 e. The number of rotatable bonds is 4. The second-order valence-corrected chi connectivity index (χ2v) is 5.35. The molecule has 0 aromatic heterocycles. The van der Waals surface area contributed by atoms with Gasteiger partial charge >= 0.3 is 0 Å². The van der Waals surface area contributed by atoms with Gasteiger partial charge in [-0.1, -0.05) is 31.0 Å². The first kappa shape index (κ1) is 13.4. The average Bonchev–Trinajstić information content (AvgIpc) is 2.40. The molecule has 0 amide bonds. The van der Waals surface area contributed by atoms with Crippen molar-refractivity contribution in [2.45, 2.75) is 45.1 Å². The summed E-state index contributed by atoms with van der Waals surface area (Å²) >= 11 is 5.98. The largest absolute Gasteiger partial charge is 0.490 e. The van der Waals surface area contributed by atoms with Crippen LogP contribution < -0.4 is 4.74 Å². The van der Waals surface area contributed by atoms with E-state index in [4.69, 9.17) is 16.3 Å². The fourth-order valence-corrected chi connectivity index (χ4v) is 2.78. The molecule has 1 aromatic carbocycles. The van der Waals surface area contributed by atoms with E-state index in [1.54, 1.807) is 6.07 Å². The van der Waals surface area contributed by atoms with Crippen molar-refractivity contribution >= 4 is 17.9 Å². The predicted molar refractivity (Wildman–Crippen MR) is 73.5 cm³/mol. The molecule has 0 atom stereocenters. The van der Waals surface area contributed by atoms with Crippen LogP contribution in [0.1, 0.15) is 49.4 Å². The Balaban J connectivity index is 2.02. The highest BCUT2D eigenvalue weighted by molar-refractivity contribution is 6.33. The minimum atomic E-state index is 0.227. The number of benzene rings is 1. The van der Waals surface area contributed by atoms with Gasteiger partial charge in [-0.15, -0.1) is 0 Å². The molecule has 0 aliphatic heterocycles. The van der Waals surface area contributed by atoms with Crippen LogP contribution in [0.15, 0.2) is 18.2 Å². The van der Waals surface area contributed by atoms with Crippen molar-refractivity contribution < 1.29 is 9.53 Å². The van der Waals surface area contributed by atoms with Gasteiger partial charge in [-0.3, -0.25) is 4.79 Å². The average molecular weight is 267 g/mol. The molecule has 1 saturated carbocycles. The van der Waals surface area contributed by atoms with E-state index in [1.807, 2.05) is 12.1 Å². The summed E-state index contributed by atoms with van der Waals surface area (Å²) in [5.74, 6) is 1.47. The summed E-state index contributed by atoms with van der Waals surface area (Å²) in [7, 11) is 0. The predicted octanol–water partition coefficient (Wildman–Crippen LogP) is 4.50. The second kappa shape index (κ2) is 6.24. The SMILES string of the molecule is CCC1CCC(Oc2cccc(Cl)c2C=O)CC1. The van der Waals surface area contributed by atoms with Crippen molar-refractivity contribution in [1.29, 1.82) is 0 Å². The first-order valence-corrected chi connectivity index (χ1v) is 7.02. The van der Waals surface area contributed by atoms with Gasteiger partial charge in [0.25, 0.3) is 0 Å². The molecule has 3 heteroatoms. The molecule has 98 valence electrons. The Morgan fingerprint density at radius 1 is 1.33 bits per heavy atom. The zero-order valence-electron chi connectivity index (χ0n) is 10.7. The van der Waals surface area contributed by atoms with Crippen LogP contribution in [0.3, 0.4) is 0 Å². The number of hydrogen-bond donors (Lipinski definition) is 0. The molecule has 0 bridgehead atoms. The third-order valence-electron chi connectivity index (χ3n) is 3.80. The van der Waals surface area contributed by atoms with Crippen LogP contribution in [0.4, 0.5) is 0 Å². The van der Waals surface area contributed by atoms with Gasteiger partial charge < -0.3 is 4.74 Å². The van der Waals surface area contributed by atoms with Gasteiger partial charge in [0, 0.05) is 0 Å². The van der Waals surface area contributed by atoms with Crippen LogP contribution in [0, 0.1) is 5.92 Å². The number of halogens is 1. The van der Waals surface area contributed by atoms with E-state index in [9.17, 15) is 4.79 Å². The van der Waals surface area contributed by atoms with E-state index in [1.165, 1.54) is 19.3 Å². The van der Waals surface area contributed by atoms with Gasteiger partial charge in [-0.05, 0) is 43.7 Å². The fourth-order valence-electron chi connectivity index (χ4n) is 2.57. The van der Waals surface area contributed by atoms with Crippen molar-refractivity contribution in [3.63, 3.8) is 0 Å². The lowest BCUT2D eigenvalue weighted by molar-refractivity contribution is 0.109. The van der Waals surface area contributed by atoms with E-state index in [2.05, 4.69) is 6.92 Å². The number of hydrogen-bond acceptors (Lipinski definition) is 2. The summed E-state index contributed by atoms with van der Waals surface area (Å²) in [6.07, 6.45) is 6.84. The van der Waals surface area contributed by atoms with Gasteiger partial charge in [0.05, 0.1) is 16.7 Å². The first-order valence-electron chi connectivity index (χ1n) is 6.65. The van der Waals surface area contributed by atoms with Crippen LogP contribution in [0.2, 0.25) is 5.02 Å². The normalized spacial score (nSPS) is 23.7. The molecule has 1 aliphatic rings. The zero-order valence-corrected chi connectivity index (χ0v) is 11.5. The molecule has 2 rings (SSSR count). The maximum absolute atomic E-state index is 11.0. The molecule has 0 spiro atoms. The maximum Gasteiger partial charge on any atom is 0.155 e. The zero-order chi connectivity index (χ0) is 13.0. The van der Waals surface area contributed by atoms with E-state index in [-0.39, 0.29) is 6.10 Å². The van der Waals surface area contributed by atoms with Gasteiger partial charge in [0.1, 0.15) is 5.75 Å². The Morgan fingerprint density at radius 2 is 2.06 bits per heavy atom. The molecule has 0 saturated heterocycles. The molecular weight excluding hydrogens is 248 g/mol. The highest BCUT2D eigenvalue weighted by atomic mass is 35.5. The number of ether oxygens (including phenoxy) is 1. The van der Waals surface area contributed by atoms with Gasteiger partial charge in [-0.25, -0.2) is 0 Å². The van der Waals surface area contributed by atoms with Crippen LogP contribution in [-0.2, 0) is 0 Å². The molecule has 0 unspecified atom stereocenters. The Hall–Kier alpha value is -1.02. The van der Waals surface area contributed by atoms with Crippen LogP contribution >= 0.6 is 11.6 Å². The Morgan fingerprint density at radius 3 is 2.67 bits per heavy atom. The Labute approximate surface area is 113 Å². The molecular formula is C15H19ClO2. The van der Waals surface area contributed by atoms with Crippen molar-refractivity contribution in [1.82, 2.24) is 0 Å². The molecule has 1 aromatic rings. The van der Waals surface area contributed by atoms with Crippen molar-refractivity contribution in [2.75, 3.05) is 0 Å². The van der Waals surface area contributed by atoms with Gasteiger partial charge in [-0.2, -0.15) is 0 Å². The number of carbonyl (C=O) groups excluding carboxylic acids is 1. The summed E-state index contributed by atoms with van der Waals surface area (Å²) in [5, 5.41) is 0.463. The van der Waals surface area contributed by atoms with Gasteiger partial charge in [0.2, 0.25) is 0 Å². The summed E-state index contributed by atoms with van der Waals surface area (Å²) < 4.78 is 5.94. The Kier molecular flexibility index (Phi) is 4.65. The molecule has 1 aliphatic carbocycles.